The molecule has 1 aromatic carbocycles. The molecule has 3 rings (SSSR count). The van der Waals surface area contributed by atoms with Gasteiger partial charge in [-0.2, -0.15) is 0 Å². The van der Waals surface area contributed by atoms with E-state index in [1.165, 1.54) is 25.2 Å². The number of ether oxygens (including phenoxy) is 1. The van der Waals surface area contributed by atoms with Gasteiger partial charge in [0.25, 0.3) is 0 Å². The van der Waals surface area contributed by atoms with E-state index in [1.54, 1.807) is 7.11 Å². The van der Waals surface area contributed by atoms with Gasteiger partial charge in [0.05, 0.1) is 12.8 Å². The summed E-state index contributed by atoms with van der Waals surface area (Å²) in [4.78, 5) is 9.18. The highest BCUT2D eigenvalue weighted by Crippen LogP contribution is 2.30. The molecule has 0 aromatic heterocycles. The third kappa shape index (κ3) is 5.39. The van der Waals surface area contributed by atoms with Crippen molar-refractivity contribution in [2.45, 2.75) is 18.9 Å². The predicted octanol–water partition coefficient (Wildman–Crippen LogP) is 2.01. The van der Waals surface area contributed by atoms with Crippen LogP contribution in [0.25, 0.3) is 0 Å². The van der Waals surface area contributed by atoms with Gasteiger partial charge < -0.3 is 25.2 Å². The third-order valence-corrected chi connectivity index (χ3v) is 5.23. The monoisotopic (exact) mass is 473 g/mol. The van der Waals surface area contributed by atoms with Gasteiger partial charge in [0.15, 0.2) is 5.96 Å². The number of hydrogen-bond acceptors (Lipinski definition) is 4. The van der Waals surface area contributed by atoms with E-state index >= 15 is 0 Å². The summed E-state index contributed by atoms with van der Waals surface area (Å²) in [5.41, 5.74) is 1.17. The maximum absolute atomic E-state index is 5.50. The van der Waals surface area contributed by atoms with Gasteiger partial charge in [-0.3, -0.25) is 4.99 Å². The molecule has 2 unspecified atom stereocenters. The second-order valence-corrected chi connectivity index (χ2v) is 7.12. The Bertz CT molecular complexity index is 597. The first kappa shape index (κ1) is 21.1. The molecule has 0 radical (unpaired) electrons. The van der Waals surface area contributed by atoms with Crippen molar-refractivity contribution in [1.29, 1.82) is 0 Å². The van der Waals surface area contributed by atoms with Gasteiger partial charge in [-0.1, -0.05) is 12.1 Å². The number of nitrogens with one attached hydrogen (secondary N) is 2. The molecule has 6 nitrogen and oxygen atoms in total. The molecule has 2 N–H and O–H groups in total. The van der Waals surface area contributed by atoms with Crippen LogP contribution in [-0.2, 0) is 0 Å². The average molecular weight is 473 g/mol. The van der Waals surface area contributed by atoms with Crippen molar-refractivity contribution >= 4 is 35.6 Å². The fourth-order valence-corrected chi connectivity index (χ4v) is 3.81. The number of halogens is 1. The van der Waals surface area contributed by atoms with Gasteiger partial charge in [-0.25, -0.2) is 0 Å². The lowest BCUT2D eigenvalue weighted by Crippen LogP contribution is -2.46. The van der Waals surface area contributed by atoms with Crippen LogP contribution in [0.4, 0.5) is 5.69 Å². The molecule has 2 atom stereocenters. The largest absolute Gasteiger partial charge is 0.495 e. The lowest BCUT2D eigenvalue weighted by atomic mass is 10.1. The number of hydrogen-bond donors (Lipinski definition) is 2. The molecule has 146 valence electrons. The quantitative estimate of drug-likeness (QED) is 0.390. The number of para-hydroxylation sites is 2. The number of guanidine groups is 1. The van der Waals surface area contributed by atoms with Crippen molar-refractivity contribution in [1.82, 2.24) is 15.5 Å². The van der Waals surface area contributed by atoms with Crippen LogP contribution in [-0.4, -0.2) is 70.8 Å². The van der Waals surface area contributed by atoms with E-state index in [2.05, 4.69) is 44.6 Å². The molecule has 26 heavy (non-hydrogen) atoms. The van der Waals surface area contributed by atoms with Crippen molar-refractivity contribution in [3.8, 4) is 5.75 Å². The summed E-state index contributed by atoms with van der Waals surface area (Å²) < 4.78 is 5.50. The number of anilines is 1. The zero-order valence-electron chi connectivity index (χ0n) is 16.1. The Hall–Kier alpha value is -1.22. The van der Waals surface area contributed by atoms with Gasteiger partial charge in [0, 0.05) is 39.3 Å². The predicted molar refractivity (Wildman–Crippen MR) is 119 cm³/mol. The summed E-state index contributed by atoms with van der Waals surface area (Å²) in [6.07, 6.45) is 2.37. The van der Waals surface area contributed by atoms with Crippen molar-refractivity contribution < 1.29 is 4.74 Å². The summed E-state index contributed by atoms with van der Waals surface area (Å²) in [7, 11) is 5.78. The Kier molecular flexibility index (Phi) is 8.27. The summed E-state index contributed by atoms with van der Waals surface area (Å²) in [6.45, 7) is 5.37. The topological polar surface area (TPSA) is 52.1 Å². The first-order valence-electron chi connectivity index (χ1n) is 9.23. The van der Waals surface area contributed by atoms with Crippen LogP contribution in [0, 0.1) is 5.92 Å². The van der Waals surface area contributed by atoms with Crippen molar-refractivity contribution in [3.63, 3.8) is 0 Å². The Morgan fingerprint density at radius 2 is 2.04 bits per heavy atom. The Balaban J connectivity index is 0.00000243. The highest BCUT2D eigenvalue weighted by Gasteiger charge is 2.25. The third-order valence-electron chi connectivity index (χ3n) is 5.23. The first-order chi connectivity index (χ1) is 12.2. The Morgan fingerprint density at radius 3 is 2.73 bits per heavy atom. The summed E-state index contributed by atoms with van der Waals surface area (Å²) in [5, 5.41) is 7.09. The van der Waals surface area contributed by atoms with Crippen LogP contribution in [0.1, 0.15) is 12.8 Å². The number of benzene rings is 1. The minimum absolute atomic E-state index is 0. The van der Waals surface area contributed by atoms with Gasteiger partial charge in [0.1, 0.15) is 5.75 Å². The summed E-state index contributed by atoms with van der Waals surface area (Å²) >= 11 is 0. The smallest absolute Gasteiger partial charge is 0.191 e. The van der Waals surface area contributed by atoms with Gasteiger partial charge in [0.2, 0.25) is 0 Å². The number of likely N-dealkylation sites (tertiary alicyclic amines) is 1. The number of nitrogens with zero attached hydrogens (tertiary/aromatic N) is 3. The van der Waals surface area contributed by atoms with Gasteiger partial charge >= 0.3 is 0 Å². The molecule has 2 heterocycles. The Labute approximate surface area is 174 Å². The first-order valence-corrected chi connectivity index (χ1v) is 9.23. The molecule has 7 heteroatoms. The van der Waals surface area contributed by atoms with Crippen LogP contribution >= 0.6 is 24.0 Å². The minimum Gasteiger partial charge on any atom is -0.495 e. The van der Waals surface area contributed by atoms with Crippen molar-refractivity contribution in [2.75, 3.05) is 58.8 Å². The molecular formula is C19H32IN5O. The lowest BCUT2D eigenvalue weighted by Gasteiger charge is -2.22. The second-order valence-electron chi connectivity index (χ2n) is 7.12. The van der Waals surface area contributed by atoms with Gasteiger partial charge in [-0.05, 0) is 44.5 Å². The molecule has 0 spiro atoms. The zero-order valence-corrected chi connectivity index (χ0v) is 18.4. The highest BCUT2D eigenvalue weighted by atomic mass is 127. The van der Waals surface area contributed by atoms with Crippen LogP contribution in [0.3, 0.4) is 0 Å². The SMILES string of the molecule is CN=C(NCC1CCN(C)C1)NC1CCN(c2ccccc2OC)C1.I. The molecule has 2 saturated heterocycles. The Morgan fingerprint density at radius 1 is 1.23 bits per heavy atom. The summed E-state index contributed by atoms with van der Waals surface area (Å²) in [5.74, 6) is 2.58. The van der Waals surface area contributed by atoms with Crippen LogP contribution in [0.5, 0.6) is 5.75 Å². The van der Waals surface area contributed by atoms with E-state index in [-0.39, 0.29) is 24.0 Å². The number of rotatable bonds is 5. The second kappa shape index (κ2) is 10.2. The maximum Gasteiger partial charge on any atom is 0.191 e. The fourth-order valence-electron chi connectivity index (χ4n) is 3.81. The van der Waals surface area contributed by atoms with Gasteiger partial charge in [-0.15, -0.1) is 24.0 Å². The minimum atomic E-state index is 0. The zero-order chi connectivity index (χ0) is 17.6. The lowest BCUT2D eigenvalue weighted by molar-refractivity contribution is 0.393. The van der Waals surface area contributed by atoms with E-state index in [1.807, 2.05) is 19.2 Å². The molecule has 0 saturated carbocycles. The van der Waals surface area contributed by atoms with E-state index in [9.17, 15) is 0 Å². The van der Waals surface area contributed by atoms with E-state index in [0.29, 0.717) is 6.04 Å². The van der Waals surface area contributed by atoms with Crippen molar-refractivity contribution in [2.24, 2.45) is 10.9 Å². The number of methoxy groups -OCH3 is 1. The van der Waals surface area contributed by atoms with Crippen LogP contribution in [0.2, 0.25) is 0 Å². The molecule has 0 aliphatic carbocycles. The maximum atomic E-state index is 5.50. The number of aliphatic imine (C=N–C) groups is 1. The normalized spacial score (nSPS) is 23.7. The molecule has 2 aliphatic heterocycles. The average Bonchev–Trinajstić information content (AvgIpc) is 3.27. The molecule has 1 aromatic rings. The fraction of sp³-hybridized carbons (Fsp3) is 0.632. The molecule has 0 bridgehead atoms. The molecule has 0 amide bonds. The molecule has 2 aliphatic rings. The van der Waals surface area contributed by atoms with Crippen LogP contribution in [0.15, 0.2) is 29.3 Å². The van der Waals surface area contributed by atoms with E-state index in [4.69, 9.17) is 4.74 Å². The molecular weight excluding hydrogens is 441 g/mol. The van der Waals surface area contributed by atoms with Crippen LogP contribution < -0.4 is 20.3 Å². The van der Waals surface area contributed by atoms with Crippen molar-refractivity contribution in [3.05, 3.63) is 24.3 Å². The standard InChI is InChI=1S/C19H31N5O.HI/c1-20-19(21-12-15-8-10-23(2)13-15)22-16-9-11-24(14-16)17-6-4-5-7-18(17)25-3;/h4-7,15-16H,8-14H2,1-3H3,(H2,20,21,22);1H. The molecule has 2 fully saturated rings. The van der Waals surface area contributed by atoms with E-state index in [0.717, 1.165) is 43.7 Å². The highest BCUT2D eigenvalue weighted by molar-refractivity contribution is 14.0. The summed E-state index contributed by atoms with van der Waals surface area (Å²) in [6, 6.07) is 8.64. The van der Waals surface area contributed by atoms with E-state index < -0.39 is 0 Å².